The Balaban J connectivity index is 0.000000461. The van der Waals surface area contributed by atoms with E-state index >= 15 is 0 Å². The van der Waals surface area contributed by atoms with Gasteiger partial charge in [-0.1, -0.05) is 20.3 Å². The summed E-state index contributed by atoms with van der Waals surface area (Å²) in [5.41, 5.74) is 2.77. The molecule has 11 heavy (non-hydrogen) atoms. The van der Waals surface area contributed by atoms with E-state index in [0.29, 0.717) is 19.8 Å². The van der Waals surface area contributed by atoms with Gasteiger partial charge in [-0.15, -0.1) is 0 Å². The van der Waals surface area contributed by atoms with Crippen LogP contribution in [0.2, 0.25) is 0 Å². The Hall–Kier alpha value is -0.292. The van der Waals surface area contributed by atoms with Crippen molar-refractivity contribution in [3.05, 3.63) is 35.4 Å². The van der Waals surface area contributed by atoms with Crippen molar-refractivity contribution in [2.24, 2.45) is 0 Å². The molecule has 0 saturated heterocycles. The van der Waals surface area contributed by atoms with E-state index in [1.807, 2.05) is 6.07 Å². The van der Waals surface area contributed by atoms with Gasteiger partial charge in [-0.3, -0.25) is 0 Å². The molecular weight excluding hydrogens is 308 g/mol. The third-order valence-corrected chi connectivity index (χ3v) is 1.57. The van der Waals surface area contributed by atoms with Crippen LogP contribution in [0.1, 0.15) is 18.1 Å². The third kappa shape index (κ3) is 3.57. The Labute approximate surface area is 79.0 Å². The molecule has 60 valence electrons. The number of aryl methyl sites for hydroxylation is 2. The molecule has 0 unspecified atom stereocenters. The molecule has 1 nitrogen and oxygen atoms in total. The molecule has 0 fully saturated rings. The minimum absolute atomic E-state index is 0.333. The molecule has 1 aromatic carbocycles. The van der Waals surface area contributed by atoms with Gasteiger partial charge in [0.25, 0.3) is 0 Å². The van der Waals surface area contributed by atoms with Gasteiger partial charge in [-0.2, -0.15) is 35.4 Å². The fourth-order valence-corrected chi connectivity index (χ4v) is 0.924. The predicted molar refractivity (Wildman–Crippen MR) is 40.1 cm³/mol. The van der Waals surface area contributed by atoms with Crippen LogP contribution < -0.4 is 0 Å². The summed E-state index contributed by atoms with van der Waals surface area (Å²) in [6.07, 6.45) is 1.11. The maximum atomic E-state index is 8.33. The number of hydrogen-bond acceptors (Lipinski definition) is 1. The molecule has 0 N–H and O–H groups in total. The van der Waals surface area contributed by atoms with Gasteiger partial charge >= 0.3 is 23.2 Å². The fourth-order valence-electron chi connectivity index (χ4n) is 0.924. The van der Waals surface area contributed by atoms with Crippen LogP contribution in [0.5, 0.6) is 0 Å². The van der Waals surface area contributed by atoms with E-state index in [9.17, 15) is 0 Å². The van der Waals surface area contributed by atoms with E-state index in [2.05, 4.69) is 32.0 Å². The maximum absolute atomic E-state index is 8.33. The molecule has 0 aliphatic carbocycles. The predicted octanol–water partition coefficient (Wildman–Crippen LogP) is 2.24. The molecule has 2 heteroatoms. The van der Waals surface area contributed by atoms with Crippen LogP contribution in [0.4, 0.5) is 0 Å². The van der Waals surface area contributed by atoms with Crippen LogP contribution in [0.25, 0.3) is 0 Å². The van der Waals surface area contributed by atoms with E-state index in [1.165, 1.54) is 11.1 Å². The monoisotopic (exact) mass is 319 g/mol. The van der Waals surface area contributed by atoms with Crippen LogP contribution >= 0.6 is 0 Å². The molecule has 0 atom stereocenters. The van der Waals surface area contributed by atoms with Crippen molar-refractivity contribution in [1.29, 1.82) is 0 Å². The first-order chi connectivity index (χ1) is 5.34. The van der Waals surface area contributed by atoms with Crippen molar-refractivity contribution < 1.29 is 23.2 Å². The molecule has 0 aliphatic heterocycles. The van der Waals surface area contributed by atoms with Crippen LogP contribution in [0, 0.1) is 13.0 Å². The average molecular weight is 319 g/mol. The van der Waals surface area contributed by atoms with E-state index in [4.69, 9.17) is 3.40 Å². The molecule has 0 spiro atoms. The Morgan fingerprint density at radius 1 is 1.55 bits per heavy atom. The van der Waals surface area contributed by atoms with Crippen molar-refractivity contribution in [3.63, 3.8) is 0 Å². The van der Waals surface area contributed by atoms with E-state index in [-0.39, 0.29) is 0 Å². The molecule has 0 bridgehead atoms. The topological polar surface area (TPSA) is 17.1 Å². The second-order valence-electron chi connectivity index (χ2n) is 2.21. The Morgan fingerprint density at radius 2 is 2.18 bits per heavy atom. The van der Waals surface area contributed by atoms with Crippen molar-refractivity contribution in [2.45, 2.75) is 20.3 Å². The van der Waals surface area contributed by atoms with Crippen molar-refractivity contribution in [1.82, 2.24) is 0 Å². The summed E-state index contributed by atoms with van der Waals surface area (Å²) in [6, 6.07) is 9.15. The quantitative estimate of drug-likeness (QED) is 0.726. The van der Waals surface area contributed by atoms with Gasteiger partial charge in [0.15, 0.2) is 0 Å². The molecule has 0 aliphatic rings. The number of rotatable bonds is 1. The van der Waals surface area contributed by atoms with Crippen LogP contribution in [0.15, 0.2) is 18.2 Å². The van der Waals surface area contributed by atoms with Crippen molar-refractivity contribution >= 4 is 0 Å². The SMILES string of the molecule is CCc1c[c-]ccc1C.[O]=[W]. The van der Waals surface area contributed by atoms with Crippen molar-refractivity contribution in [2.75, 3.05) is 0 Å². The zero-order valence-electron chi connectivity index (χ0n) is 6.76. The van der Waals surface area contributed by atoms with Gasteiger partial charge in [-0.05, 0) is 0 Å². The Morgan fingerprint density at radius 3 is 2.55 bits per heavy atom. The van der Waals surface area contributed by atoms with E-state index in [0.717, 1.165) is 6.42 Å². The molecule has 1 aromatic rings. The summed E-state index contributed by atoms with van der Waals surface area (Å²) in [4.78, 5) is 0. The molecule has 0 amide bonds. The van der Waals surface area contributed by atoms with Crippen LogP contribution in [0.3, 0.4) is 0 Å². The number of benzene rings is 1. The minimum atomic E-state index is 0.333. The molecule has 1 rings (SSSR count). The Kier molecular flexibility index (Phi) is 6.25. The Bertz CT molecular complexity index is 210. The second kappa shape index (κ2) is 6.42. The van der Waals surface area contributed by atoms with Gasteiger partial charge in [0.2, 0.25) is 0 Å². The standard InChI is InChI=1S/C9H11.O.W/c1-3-9-7-5-4-6-8(9)2;;/h4,6-7H,3H2,1-2H3;;/q-1;;. The third-order valence-electron chi connectivity index (χ3n) is 1.57. The summed E-state index contributed by atoms with van der Waals surface area (Å²) in [5, 5.41) is 0. The molecule has 0 radical (unpaired) electrons. The summed E-state index contributed by atoms with van der Waals surface area (Å²) in [7, 11) is 0. The molecule has 0 heterocycles. The van der Waals surface area contributed by atoms with E-state index in [1.54, 1.807) is 0 Å². The van der Waals surface area contributed by atoms with Crippen LogP contribution in [-0.2, 0) is 29.6 Å². The molecule has 0 aromatic heterocycles. The van der Waals surface area contributed by atoms with Gasteiger partial charge in [0.05, 0.1) is 0 Å². The second-order valence-corrected chi connectivity index (χ2v) is 2.21. The van der Waals surface area contributed by atoms with Crippen LogP contribution in [-0.4, -0.2) is 0 Å². The van der Waals surface area contributed by atoms with Gasteiger partial charge in [0, 0.05) is 0 Å². The average Bonchev–Trinajstić information content (AvgIpc) is 2.09. The first-order valence-corrected chi connectivity index (χ1v) is 4.66. The summed E-state index contributed by atoms with van der Waals surface area (Å²) in [5.74, 6) is 0. The van der Waals surface area contributed by atoms with Gasteiger partial charge in [0.1, 0.15) is 0 Å². The summed E-state index contributed by atoms with van der Waals surface area (Å²) < 4.78 is 8.33. The molecule has 0 saturated carbocycles. The van der Waals surface area contributed by atoms with Gasteiger partial charge in [-0.25, -0.2) is 0 Å². The number of hydrogen-bond donors (Lipinski definition) is 0. The van der Waals surface area contributed by atoms with Gasteiger partial charge < -0.3 is 0 Å². The zero-order chi connectivity index (χ0) is 8.69. The molecular formula is C9H11OW-. The first kappa shape index (κ1) is 10.7. The normalized spacial score (nSPS) is 8.18. The summed E-state index contributed by atoms with van der Waals surface area (Å²) >= 11 is 0.333. The zero-order valence-corrected chi connectivity index (χ0v) is 9.69. The first-order valence-electron chi connectivity index (χ1n) is 3.47. The van der Waals surface area contributed by atoms with E-state index < -0.39 is 0 Å². The fraction of sp³-hybridized carbons (Fsp3) is 0.333. The van der Waals surface area contributed by atoms with Crippen molar-refractivity contribution in [3.8, 4) is 0 Å². The summed E-state index contributed by atoms with van der Waals surface area (Å²) in [6.45, 7) is 4.29.